The van der Waals surface area contributed by atoms with Crippen molar-refractivity contribution in [2.75, 3.05) is 18.0 Å². The van der Waals surface area contributed by atoms with Crippen molar-refractivity contribution in [3.05, 3.63) is 64.1 Å². The first kappa shape index (κ1) is 15.6. The van der Waals surface area contributed by atoms with E-state index in [0.717, 1.165) is 18.7 Å². The van der Waals surface area contributed by atoms with Crippen LogP contribution < -0.4 is 15.8 Å². The highest BCUT2D eigenvalue weighted by Crippen LogP contribution is 2.26. The van der Waals surface area contributed by atoms with Crippen molar-refractivity contribution < 1.29 is 9.59 Å². The van der Waals surface area contributed by atoms with Gasteiger partial charge in [0.1, 0.15) is 0 Å². The fourth-order valence-electron chi connectivity index (χ4n) is 2.62. The van der Waals surface area contributed by atoms with Gasteiger partial charge in [-0.05, 0) is 46.1 Å². The number of hydrogen-bond acceptors (Lipinski definition) is 3. The molecule has 0 atom stereocenters. The Morgan fingerprint density at radius 2 is 1.78 bits per heavy atom. The van der Waals surface area contributed by atoms with E-state index in [-0.39, 0.29) is 18.4 Å². The summed E-state index contributed by atoms with van der Waals surface area (Å²) in [5, 5.41) is 0. The van der Waals surface area contributed by atoms with Gasteiger partial charge in [0.05, 0.1) is 12.1 Å². The molecule has 0 spiro atoms. The number of nitrogens with zero attached hydrogens (tertiary/aromatic N) is 1. The van der Waals surface area contributed by atoms with Crippen molar-refractivity contribution >= 4 is 33.4 Å². The van der Waals surface area contributed by atoms with E-state index in [0.29, 0.717) is 10.0 Å². The molecule has 1 heterocycles. The number of hydrogen-bond donors (Lipinski definition) is 2. The zero-order valence-electron chi connectivity index (χ0n) is 12.4. The quantitative estimate of drug-likeness (QED) is 0.811. The number of rotatable bonds is 3. The molecule has 0 saturated heterocycles. The Balaban J connectivity index is 1.55. The number of hydrazine groups is 1. The highest BCUT2D eigenvalue weighted by molar-refractivity contribution is 9.10. The summed E-state index contributed by atoms with van der Waals surface area (Å²) in [4.78, 5) is 26.1. The maximum atomic E-state index is 12.1. The Kier molecular flexibility index (Phi) is 4.62. The highest BCUT2D eigenvalue weighted by atomic mass is 79.9. The van der Waals surface area contributed by atoms with Crippen molar-refractivity contribution in [1.29, 1.82) is 0 Å². The van der Waals surface area contributed by atoms with Crippen LogP contribution in [0.3, 0.4) is 0 Å². The van der Waals surface area contributed by atoms with Gasteiger partial charge >= 0.3 is 0 Å². The molecule has 1 aliphatic rings. The molecule has 2 aromatic rings. The molecule has 2 aromatic carbocycles. The summed E-state index contributed by atoms with van der Waals surface area (Å²) in [7, 11) is 0. The molecule has 6 heteroatoms. The van der Waals surface area contributed by atoms with Crippen LogP contribution in [-0.2, 0) is 11.2 Å². The van der Waals surface area contributed by atoms with Crippen molar-refractivity contribution in [3.63, 3.8) is 0 Å². The van der Waals surface area contributed by atoms with Crippen LogP contribution in [0.2, 0.25) is 0 Å². The fraction of sp³-hybridized carbons (Fsp3) is 0.176. The second-order valence-corrected chi connectivity index (χ2v) is 6.14. The first-order valence-electron chi connectivity index (χ1n) is 7.32. The highest BCUT2D eigenvalue weighted by Gasteiger charge is 2.20. The van der Waals surface area contributed by atoms with Crippen LogP contribution in [0.5, 0.6) is 0 Å². The maximum absolute atomic E-state index is 12.1. The number of para-hydroxylation sites is 1. The number of carbonyl (C=O) groups excluding carboxylic acids is 2. The average molecular weight is 374 g/mol. The molecule has 1 aliphatic heterocycles. The lowest BCUT2D eigenvalue weighted by Gasteiger charge is -2.18. The molecule has 118 valence electrons. The van der Waals surface area contributed by atoms with Crippen LogP contribution in [0.4, 0.5) is 5.69 Å². The Hall–Kier alpha value is -2.34. The minimum Gasteiger partial charge on any atom is -0.362 e. The van der Waals surface area contributed by atoms with E-state index in [4.69, 9.17) is 0 Å². The number of carbonyl (C=O) groups is 2. The minimum atomic E-state index is -0.354. The Labute approximate surface area is 142 Å². The number of halogens is 1. The van der Waals surface area contributed by atoms with Gasteiger partial charge in [-0.15, -0.1) is 0 Å². The molecule has 0 fully saturated rings. The van der Waals surface area contributed by atoms with E-state index in [1.165, 1.54) is 5.56 Å². The summed E-state index contributed by atoms with van der Waals surface area (Å²) in [6.07, 6.45) is 0.937. The molecule has 0 aromatic heterocycles. The predicted molar refractivity (Wildman–Crippen MR) is 92.1 cm³/mol. The summed E-state index contributed by atoms with van der Waals surface area (Å²) in [5.41, 5.74) is 7.71. The van der Waals surface area contributed by atoms with Crippen LogP contribution in [0.25, 0.3) is 0 Å². The van der Waals surface area contributed by atoms with E-state index in [2.05, 4.69) is 32.8 Å². The number of anilines is 1. The Bertz CT molecular complexity index is 748. The molecular formula is C17H16BrN3O2. The lowest BCUT2D eigenvalue weighted by Crippen LogP contribution is -2.46. The second-order valence-electron chi connectivity index (χ2n) is 5.28. The minimum absolute atomic E-state index is 0.216. The van der Waals surface area contributed by atoms with Crippen molar-refractivity contribution in [3.8, 4) is 0 Å². The number of benzene rings is 2. The molecule has 23 heavy (non-hydrogen) atoms. The molecule has 3 rings (SSSR count). The summed E-state index contributed by atoms with van der Waals surface area (Å²) < 4.78 is 0.681. The summed E-state index contributed by atoms with van der Waals surface area (Å²) in [5.74, 6) is -0.602. The zero-order chi connectivity index (χ0) is 16.2. The standard InChI is InChI=1S/C17H16BrN3O2/c18-14-7-3-2-6-13(14)17(23)20-19-16(22)11-21-10-9-12-5-1-4-8-15(12)21/h1-8H,9-11H2,(H,19,22)(H,20,23). The van der Waals surface area contributed by atoms with Crippen LogP contribution in [0.1, 0.15) is 15.9 Å². The van der Waals surface area contributed by atoms with Crippen molar-refractivity contribution in [1.82, 2.24) is 10.9 Å². The Morgan fingerprint density at radius 1 is 1.04 bits per heavy atom. The van der Waals surface area contributed by atoms with Gasteiger partial charge in [0.15, 0.2) is 0 Å². The predicted octanol–water partition coefficient (Wildman–Crippen LogP) is 2.27. The zero-order valence-corrected chi connectivity index (χ0v) is 14.0. The summed E-state index contributed by atoms with van der Waals surface area (Å²) in [6.45, 7) is 1.03. The molecule has 0 bridgehead atoms. The first-order valence-corrected chi connectivity index (χ1v) is 8.11. The maximum Gasteiger partial charge on any atom is 0.270 e. The Morgan fingerprint density at radius 3 is 2.61 bits per heavy atom. The molecule has 0 unspecified atom stereocenters. The smallest absolute Gasteiger partial charge is 0.270 e. The van der Waals surface area contributed by atoms with Crippen molar-refractivity contribution in [2.45, 2.75) is 6.42 Å². The van der Waals surface area contributed by atoms with Crippen LogP contribution in [-0.4, -0.2) is 24.9 Å². The third-order valence-corrected chi connectivity index (χ3v) is 4.44. The molecule has 0 saturated carbocycles. The van der Waals surface area contributed by atoms with E-state index in [9.17, 15) is 9.59 Å². The van der Waals surface area contributed by atoms with Crippen LogP contribution >= 0.6 is 15.9 Å². The lowest BCUT2D eigenvalue weighted by atomic mass is 10.2. The topological polar surface area (TPSA) is 61.4 Å². The van der Waals surface area contributed by atoms with Crippen LogP contribution in [0, 0.1) is 0 Å². The number of nitrogens with one attached hydrogen (secondary N) is 2. The van der Waals surface area contributed by atoms with Gasteiger partial charge in [0.2, 0.25) is 0 Å². The van der Waals surface area contributed by atoms with Gasteiger partial charge in [-0.3, -0.25) is 20.4 Å². The number of fused-ring (bicyclic) bond motifs is 1. The van der Waals surface area contributed by atoms with Gasteiger partial charge in [-0.1, -0.05) is 30.3 Å². The van der Waals surface area contributed by atoms with E-state index >= 15 is 0 Å². The van der Waals surface area contributed by atoms with E-state index in [1.807, 2.05) is 29.2 Å². The lowest BCUT2D eigenvalue weighted by molar-refractivity contribution is -0.120. The molecule has 0 aliphatic carbocycles. The third kappa shape index (κ3) is 3.53. The van der Waals surface area contributed by atoms with Gasteiger partial charge in [0, 0.05) is 16.7 Å². The summed E-state index contributed by atoms with van der Waals surface area (Å²) in [6, 6.07) is 15.1. The van der Waals surface area contributed by atoms with Gasteiger partial charge < -0.3 is 4.90 Å². The monoisotopic (exact) mass is 373 g/mol. The molecule has 2 amide bonds. The fourth-order valence-corrected chi connectivity index (χ4v) is 3.09. The second kappa shape index (κ2) is 6.83. The molecule has 5 nitrogen and oxygen atoms in total. The largest absolute Gasteiger partial charge is 0.362 e. The SMILES string of the molecule is O=C(CN1CCc2ccccc21)NNC(=O)c1ccccc1Br. The first-order chi connectivity index (χ1) is 11.1. The summed E-state index contributed by atoms with van der Waals surface area (Å²) >= 11 is 3.31. The number of amides is 2. The van der Waals surface area contributed by atoms with Gasteiger partial charge in [0.25, 0.3) is 11.8 Å². The van der Waals surface area contributed by atoms with Crippen molar-refractivity contribution in [2.24, 2.45) is 0 Å². The normalized spacial score (nSPS) is 12.7. The van der Waals surface area contributed by atoms with E-state index in [1.54, 1.807) is 18.2 Å². The average Bonchev–Trinajstić information content (AvgIpc) is 2.96. The van der Waals surface area contributed by atoms with Gasteiger partial charge in [-0.25, -0.2) is 0 Å². The molecule has 2 N–H and O–H groups in total. The van der Waals surface area contributed by atoms with Crippen LogP contribution in [0.15, 0.2) is 53.0 Å². The van der Waals surface area contributed by atoms with E-state index < -0.39 is 0 Å². The third-order valence-electron chi connectivity index (χ3n) is 3.75. The molecular weight excluding hydrogens is 358 g/mol. The molecule has 0 radical (unpaired) electrons. The van der Waals surface area contributed by atoms with Gasteiger partial charge in [-0.2, -0.15) is 0 Å².